The molecule has 0 radical (unpaired) electrons. The molecule has 0 bridgehead atoms. The van der Waals surface area contributed by atoms with Crippen LogP contribution in [-0.2, 0) is 4.79 Å². The highest BCUT2D eigenvalue weighted by molar-refractivity contribution is 9.10. The van der Waals surface area contributed by atoms with Crippen molar-refractivity contribution in [3.8, 4) is 11.8 Å². The Labute approximate surface area is 239 Å². The van der Waals surface area contributed by atoms with Gasteiger partial charge >= 0.3 is 18.3 Å². The van der Waals surface area contributed by atoms with E-state index in [0.717, 1.165) is 45.2 Å². The van der Waals surface area contributed by atoms with Gasteiger partial charge in [-0.05, 0) is 80.2 Å². The van der Waals surface area contributed by atoms with E-state index < -0.39 is 12.3 Å². The number of alkyl halides is 3. The highest BCUT2D eigenvalue weighted by atomic mass is 79.9. The molecule has 3 aliphatic rings. The summed E-state index contributed by atoms with van der Waals surface area (Å²) in [5.41, 5.74) is 0.546. The molecule has 9 nitrogen and oxygen atoms in total. The number of nitrogens with one attached hydrogen (secondary N) is 1. The fourth-order valence-electron chi connectivity index (χ4n) is 6.13. The SMILES string of the molecule is C[C@@H](CCC1NCC12CCN(c1nc(OCC3CCCN3C)nc3cc(Br)c(OC(F)(F)F)cc13)CC2)C(=O)O. The van der Waals surface area contributed by atoms with E-state index in [0.29, 0.717) is 42.8 Å². The average molecular weight is 631 g/mol. The summed E-state index contributed by atoms with van der Waals surface area (Å²) in [6, 6.07) is 3.56. The molecule has 2 aromatic rings. The number of nitrogens with zero attached hydrogens (tertiary/aromatic N) is 4. The van der Waals surface area contributed by atoms with E-state index in [2.05, 4.69) is 47.8 Å². The zero-order valence-electron chi connectivity index (χ0n) is 22.6. The van der Waals surface area contributed by atoms with Gasteiger partial charge in [-0.2, -0.15) is 9.97 Å². The third-order valence-corrected chi connectivity index (χ3v) is 9.44. The first-order valence-electron chi connectivity index (χ1n) is 13.8. The van der Waals surface area contributed by atoms with Gasteiger partial charge in [-0.15, -0.1) is 13.2 Å². The van der Waals surface area contributed by atoms with Crippen molar-refractivity contribution in [2.45, 2.75) is 63.9 Å². The normalized spacial score (nSPS) is 23.8. The molecule has 2 N–H and O–H groups in total. The van der Waals surface area contributed by atoms with Crippen LogP contribution in [0.15, 0.2) is 16.6 Å². The number of aliphatic carboxylic acids is 1. The van der Waals surface area contributed by atoms with Crippen molar-refractivity contribution in [3.05, 3.63) is 16.6 Å². The first kappa shape index (κ1) is 29.1. The van der Waals surface area contributed by atoms with E-state index in [9.17, 15) is 23.1 Å². The molecule has 1 aromatic carbocycles. The van der Waals surface area contributed by atoms with Crippen molar-refractivity contribution in [3.63, 3.8) is 0 Å². The topological polar surface area (TPSA) is 100 Å². The van der Waals surface area contributed by atoms with Gasteiger partial charge in [0.05, 0.1) is 15.9 Å². The molecule has 3 atom stereocenters. The number of carboxylic acids is 1. The minimum Gasteiger partial charge on any atom is -0.481 e. The van der Waals surface area contributed by atoms with Crippen molar-refractivity contribution in [1.82, 2.24) is 20.2 Å². The first-order chi connectivity index (χ1) is 18.9. The molecule has 1 aromatic heterocycles. The Morgan fingerprint density at radius 2 is 2.02 bits per heavy atom. The molecule has 220 valence electrons. The number of anilines is 1. The van der Waals surface area contributed by atoms with Crippen LogP contribution in [0.3, 0.4) is 0 Å². The number of carboxylic acid groups (broad SMARTS) is 1. The maximum atomic E-state index is 13.1. The Morgan fingerprint density at radius 3 is 2.62 bits per heavy atom. The summed E-state index contributed by atoms with van der Waals surface area (Å²) >= 11 is 3.20. The second-order valence-electron chi connectivity index (χ2n) is 11.4. The van der Waals surface area contributed by atoms with E-state index in [1.165, 1.54) is 12.1 Å². The number of piperidine rings is 1. The molecule has 3 aliphatic heterocycles. The Bertz CT molecular complexity index is 1240. The van der Waals surface area contributed by atoms with E-state index in [4.69, 9.17) is 9.72 Å². The molecule has 2 unspecified atom stereocenters. The zero-order valence-corrected chi connectivity index (χ0v) is 24.2. The van der Waals surface area contributed by atoms with Gasteiger partial charge in [-0.25, -0.2) is 0 Å². The largest absolute Gasteiger partial charge is 0.573 e. The lowest BCUT2D eigenvalue weighted by atomic mass is 9.65. The summed E-state index contributed by atoms with van der Waals surface area (Å²) in [5, 5.41) is 13.2. The molecule has 5 rings (SSSR count). The number of aromatic nitrogens is 2. The third-order valence-electron chi connectivity index (χ3n) is 8.82. The Balaban J connectivity index is 1.38. The van der Waals surface area contributed by atoms with Gasteiger partial charge in [0.25, 0.3) is 0 Å². The van der Waals surface area contributed by atoms with Gasteiger partial charge < -0.3 is 29.7 Å². The number of benzene rings is 1. The number of hydrogen-bond donors (Lipinski definition) is 2. The van der Waals surface area contributed by atoms with Crippen molar-refractivity contribution < 1.29 is 32.5 Å². The number of ether oxygens (including phenoxy) is 2. The number of likely N-dealkylation sites (tertiary alicyclic amines) is 1. The predicted octanol–water partition coefficient (Wildman–Crippen LogP) is 4.82. The average Bonchev–Trinajstić information content (AvgIpc) is 3.30. The zero-order chi connectivity index (χ0) is 28.7. The lowest BCUT2D eigenvalue weighted by Crippen LogP contribution is -2.65. The second-order valence-corrected chi connectivity index (χ2v) is 12.2. The maximum Gasteiger partial charge on any atom is 0.573 e. The van der Waals surface area contributed by atoms with E-state index in [-0.39, 0.29) is 39.6 Å². The van der Waals surface area contributed by atoms with E-state index >= 15 is 0 Å². The number of hydrogen-bond acceptors (Lipinski definition) is 8. The Hall–Kier alpha value is -2.38. The molecular formula is C27H35BrF3N5O4. The molecule has 0 amide bonds. The van der Waals surface area contributed by atoms with Crippen LogP contribution in [0.1, 0.15) is 45.4 Å². The number of halogens is 4. The molecular weight excluding hydrogens is 595 g/mol. The molecule has 3 saturated heterocycles. The summed E-state index contributed by atoms with van der Waals surface area (Å²) in [6.45, 7) is 5.37. The number of rotatable bonds is 9. The summed E-state index contributed by atoms with van der Waals surface area (Å²) < 4.78 is 49.7. The molecule has 0 saturated carbocycles. The minimum atomic E-state index is -4.84. The monoisotopic (exact) mass is 629 g/mol. The molecule has 1 spiro atoms. The van der Waals surface area contributed by atoms with Gasteiger partial charge in [0.1, 0.15) is 18.2 Å². The predicted molar refractivity (Wildman–Crippen MR) is 147 cm³/mol. The quantitative estimate of drug-likeness (QED) is 0.404. The van der Waals surface area contributed by atoms with Crippen LogP contribution < -0.4 is 19.7 Å². The van der Waals surface area contributed by atoms with Crippen LogP contribution in [0.4, 0.5) is 19.0 Å². The van der Waals surface area contributed by atoms with Crippen molar-refractivity contribution in [2.75, 3.05) is 44.7 Å². The first-order valence-corrected chi connectivity index (χ1v) is 14.5. The standard InChI is InChI=1S/C27H35BrF3N5O4/c1-16(24(37)38)5-6-22-26(15-32-22)7-10-36(11-8-26)23-18-12-21(40-27(29,30)31)19(28)13-20(18)33-25(34-23)39-14-17-4-3-9-35(17)2/h12-13,16-17,22,32H,3-11,14-15H2,1-2H3,(H,37,38)/t16-,17?,22?/m0/s1. The van der Waals surface area contributed by atoms with Gasteiger partial charge in [-0.1, -0.05) is 6.92 Å². The molecule has 40 heavy (non-hydrogen) atoms. The van der Waals surface area contributed by atoms with Crippen LogP contribution in [0.2, 0.25) is 0 Å². The summed E-state index contributed by atoms with van der Waals surface area (Å²) in [5.74, 6) is -0.994. The fraction of sp³-hybridized carbons (Fsp3) is 0.667. The smallest absolute Gasteiger partial charge is 0.481 e. The highest BCUT2D eigenvalue weighted by Crippen LogP contribution is 2.45. The lowest BCUT2D eigenvalue weighted by molar-refractivity contribution is -0.274. The number of fused-ring (bicyclic) bond motifs is 1. The maximum absolute atomic E-state index is 13.1. The fourth-order valence-corrected chi connectivity index (χ4v) is 6.55. The van der Waals surface area contributed by atoms with Gasteiger partial charge in [0, 0.05) is 42.5 Å². The van der Waals surface area contributed by atoms with Gasteiger partial charge in [0.2, 0.25) is 0 Å². The molecule has 4 heterocycles. The Morgan fingerprint density at radius 1 is 1.27 bits per heavy atom. The summed E-state index contributed by atoms with van der Waals surface area (Å²) in [4.78, 5) is 24.8. The van der Waals surface area contributed by atoms with Crippen LogP contribution in [0.5, 0.6) is 11.8 Å². The lowest BCUT2D eigenvalue weighted by Gasteiger charge is -2.55. The summed E-state index contributed by atoms with van der Waals surface area (Å²) in [6.07, 6.45) is 0.424. The van der Waals surface area contributed by atoms with Crippen LogP contribution in [-0.4, -0.2) is 84.2 Å². The van der Waals surface area contributed by atoms with Crippen LogP contribution >= 0.6 is 15.9 Å². The Kier molecular flexibility index (Phi) is 8.36. The highest BCUT2D eigenvalue weighted by Gasteiger charge is 2.48. The van der Waals surface area contributed by atoms with Crippen LogP contribution in [0, 0.1) is 11.3 Å². The summed E-state index contributed by atoms with van der Waals surface area (Å²) in [7, 11) is 2.06. The molecule has 13 heteroatoms. The van der Waals surface area contributed by atoms with Crippen molar-refractivity contribution in [2.24, 2.45) is 11.3 Å². The van der Waals surface area contributed by atoms with Crippen molar-refractivity contribution >= 4 is 38.6 Å². The minimum absolute atomic E-state index is 0.0809. The van der Waals surface area contributed by atoms with E-state index in [1.807, 2.05) is 0 Å². The van der Waals surface area contributed by atoms with Gasteiger partial charge in [-0.3, -0.25) is 4.79 Å². The molecule has 0 aliphatic carbocycles. The molecule has 3 fully saturated rings. The van der Waals surface area contributed by atoms with Gasteiger partial charge in [0.15, 0.2) is 0 Å². The number of likely N-dealkylation sites (N-methyl/N-ethyl adjacent to an activating group) is 1. The van der Waals surface area contributed by atoms with Crippen LogP contribution in [0.25, 0.3) is 10.9 Å². The van der Waals surface area contributed by atoms with Crippen molar-refractivity contribution in [1.29, 1.82) is 0 Å². The second kappa shape index (κ2) is 11.5. The number of carbonyl (C=O) groups is 1. The van der Waals surface area contributed by atoms with E-state index in [1.54, 1.807) is 6.92 Å². The third kappa shape index (κ3) is 6.25.